The van der Waals surface area contributed by atoms with E-state index in [0.29, 0.717) is 22.8 Å². The molecule has 31 heavy (non-hydrogen) atoms. The third kappa shape index (κ3) is 4.92. The van der Waals surface area contributed by atoms with Gasteiger partial charge in [0.05, 0.1) is 5.52 Å². The number of aromatic amines is 1. The van der Waals surface area contributed by atoms with Crippen molar-refractivity contribution in [2.24, 2.45) is 5.92 Å². The van der Waals surface area contributed by atoms with E-state index < -0.39 is 17.8 Å². The Hall–Kier alpha value is -2.81. The molecule has 0 spiro atoms. The highest BCUT2D eigenvalue weighted by atomic mass is 19.4. The molecule has 0 radical (unpaired) electrons. The summed E-state index contributed by atoms with van der Waals surface area (Å²) in [6.45, 7) is 5.83. The van der Waals surface area contributed by atoms with Crippen LogP contribution in [0.2, 0.25) is 0 Å². The van der Waals surface area contributed by atoms with Crippen LogP contribution in [0.25, 0.3) is 10.9 Å². The average molecular weight is 433 g/mol. The summed E-state index contributed by atoms with van der Waals surface area (Å²) in [7, 11) is 0. The van der Waals surface area contributed by atoms with E-state index in [1.54, 1.807) is 39.1 Å². The van der Waals surface area contributed by atoms with Crippen molar-refractivity contribution in [3.63, 3.8) is 0 Å². The molecule has 1 aliphatic rings. The fourth-order valence-corrected chi connectivity index (χ4v) is 3.59. The maximum absolute atomic E-state index is 13.6. The second kappa shape index (κ2) is 7.71. The van der Waals surface area contributed by atoms with Gasteiger partial charge in [-0.25, -0.2) is 0 Å². The van der Waals surface area contributed by atoms with Crippen LogP contribution in [0.1, 0.15) is 45.2 Å². The molecule has 1 aliphatic carbocycles. The molecule has 166 valence electrons. The molecule has 1 aromatic carbocycles. The minimum absolute atomic E-state index is 0.120. The number of rotatable bonds is 6. The van der Waals surface area contributed by atoms with Crippen LogP contribution in [0.4, 0.5) is 24.7 Å². The molecule has 0 saturated heterocycles. The fraction of sp³-hybridized carbons (Fsp3) is 0.455. The molecule has 1 fully saturated rings. The molecule has 1 atom stereocenters. The lowest BCUT2D eigenvalue weighted by molar-refractivity contribution is -0.161. The monoisotopic (exact) mass is 433 g/mol. The fourth-order valence-electron chi connectivity index (χ4n) is 3.59. The summed E-state index contributed by atoms with van der Waals surface area (Å²) >= 11 is 0. The van der Waals surface area contributed by atoms with E-state index in [4.69, 9.17) is 0 Å². The van der Waals surface area contributed by atoms with E-state index in [-0.39, 0.29) is 11.1 Å². The van der Waals surface area contributed by atoms with Crippen molar-refractivity contribution in [3.05, 3.63) is 52.4 Å². The van der Waals surface area contributed by atoms with Crippen LogP contribution >= 0.6 is 0 Å². The van der Waals surface area contributed by atoms with Gasteiger partial charge in [0.15, 0.2) is 5.82 Å². The molecule has 3 aromatic rings. The zero-order valence-corrected chi connectivity index (χ0v) is 17.7. The van der Waals surface area contributed by atoms with Crippen molar-refractivity contribution >= 4 is 22.4 Å². The van der Waals surface area contributed by atoms with Crippen molar-refractivity contribution in [2.45, 2.75) is 57.9 Å². The van der Waals surface area contributed by atoms with Crippen molar-refractivity contribution in [1.82, 2.24) is 20.1 Å². The van der Waals surface area contributed by atoms with Gasteiger partial charge in [0.2, 0.25) is 0 Å². The lowest BCUT2D eigenvalue weighted by Gasteiger charge is -2.30. The molecule has 4 rings (SSSR count). The third-order valence-corrected chi connectivity index (χ3v) is 5.21. The third-order valence-electron chi connectivity index (χ3n) is 5.21. The first-order valence-electron chi connectivity index (χ1n) is 10.3. The summed E-state index contributed by atoms with van der Waals surface area (Å²) in [5.41, 5.74) is 0.453. The van der Waals surface area contributed by atoms with Crippen LogP contribution in [0.15, 0.2) is 41.3 Å². The SMILES string of the molecule is CC(C)(C)NC(c1ccc(Nc2nn(CC3CC3)c3cc[nH]c(=O)c23)cc1)C(F)(F)F. The van der Waals surface area contributed by atoms with E-state index in [9.17, 15) is 18.0 Å². The standard InChI is InChI=1S/C22H26F3N5O/c1-21(2,3)28-18(22(23,24)25)14-6-8-15(9-7-14)27-19-17-16(10-11-26-20(17)31)30(29-19)12-13-4-5-13/h6-11,13,18,28H,4-5,12H2,1-3H3,(H,26,31)(H,27,29). The number of hydrogen-bond acceptors (Lipinski definition) is 4. The Morgan fingerprint density at radius 2 is 1.84 bits per heavy atom. The Morgan fingerprint density at radius 1 is 1.16 bits per heavy atom. The van der Waals surface area contributed by atoms with Gasteiger partial charge < -0.3 is 10.3 Å². The Balaban J connectivity index is 1.62. The predicted octanol–water partition coefficient (Wildman–Crippen LogP) is 4.87. The number of pyridine rings is 1. The van der Waals surface area contributed by atoms with Gasteiger partial charge >= 0.3 is 6.18 Å². The van der Waals surface area contributed by atoms with Gasteiger partial charge in [0, 0.05) is 24.0 Å². The lowest BCUT2D eigenvalue weighted by atomic mass is 10.0. The highest BCUT2D eigenvalue weighted by molar-refractivity contribution is 5.91. The van der Waals surface area contributed by atoms with E-state index in [2.05, 4.69) is 20.7 Å². The van der Waals surface area contributed by atoms with Gasteiger partial charge in [-0.15, -0.1) is 0 Å². The molecule has 9 heteroatoms. The summed E-state index contributed by atoms with van der Waals surface area (Å²) in [6, 6.07) is 6.05. The van der Waals surface area contributed by atoms with Gasteiger partial charge in [-0.3, -0.25) is 14.8 Å². The molecular formula is C22H26F3N5O. The summed E-state index contributed by atoms with van der Waals surface area (Å²) in [4.78, 5) is 15.1. The van der Waals surface area contributed by atoms with Crippen LogP contribution < -0.4 is 16.2 Å². The van der Waals surface area contributed by atoms with Crippen LogP contribution in [0.5, 0.6) is 0 Å². The molecule has 2 aromatic heterocycles. The largest absolute Gasteiger partial charge is 0.407 e. The van der Waals surface area contributed by atoms with Crippen LogP contribution in [0.3, 0.4) is 0 Å². The van der Waals surface area contributed by atoms with Gasteiger partial charge in [0.25, 0.3) is 5.56 Å². The number of halogens is 3. The Labute approximate surface area is 177 Å². The second-order valence-electron chi connectivity index (χ2n) is 9.16. The summed E-state index contributed by atoms with van der Waals surface area (Å²) in [5, 5.41) is 10.7. The van der Waals surface area contributed by atoms with Crippen molar-refractivity contribution in [3.8, 4) is 0 Å². The van der Waals surface area contributed by atoms with Crippen molar-refractivity contribution in [1.29, 1.82) is 0 Å². The molecule has 3 N–H and O–H groups in total. The number of H-pyrrole nitrogens is 1. The number of hydrogen-bond donors (Lipinski definition) is 3. The number of nitrogens with one attached hydrogen (secondary N) is 3. The number of aromatic nitrogens is 3. The summed E-state index contributed by atoms with van der Waals surface area (Å²) < 4.78 is 42.6. The minimum Gasteiger partial charge on any atom is -0.338 e. The smallest absolute Gasteiger partial charge is 0.338 e. The normalized spacial score (nSPS) is 15.9. The maximum Gasteiger partial charge on any atom is 0.407 e. The molecule has 0 aliphatic heterocycles. The predicted molar refractivity (Wildman–Crippen MR) is 114 cm³/mol. The van der Waals surface area contributed by atoms with Crippen LogP contribution in [-0.4, -0.2) is 26.5 Å². The first-order chi connectivity index (χ1) is 14.5. The highest BCUT2D eigenvalue weighted by Crippen LogP contribution is 2.35. The average Bonchev–Trinajstić information content (AvgIpc) is 3.41. The van der Waals surface area contributed by atoms with E-state index >= 15 is 0 Å². The number of alkyl halides is 3. The highest BCUT2D eigenvalue weighted by Gasteiger charge is 2.42. The van der Waals surface area contributed by atoms with Gasteiger partial charge in [-0.05, 0) is 63.3 Å². The summed E-state index contributed by atoms with van der Waals surface area (Å²) in [5.74, 6) is 0.967. The van der Waals surface area contributed by atoms with E-state index in [1.165, 1.54) is 12.1 Å². The van der Waals surface area contributed by atoms with Crippen LogP contribution in [0, 0.1) is 5.92 Å². The number of fused-ring (bicyclic) bond motifs is 1. The zero-order valence-electron chi connectivity index (χ0n) is 17.7. The number of anilines is 2. The second-order valence-corrected chi connectivity index (χ2v) is 9.16. The van der Waals surface area contributed by atoms with Gasteiger partial charge in [-0.1, -0.05) is 12.1 Å². The maximum atomic E-state index is 13.6. The molecule has 6 nitrogen and oxygen atoms in total. The molecule has 1 saturated carbocycles. The van der Waals surface area contributed by atoms with Crippen molar-refractivity contribution in [2.75, 3.05) is 5.32 Å². The minimum atomic E-state index is -4.42. The molecule has 0 amide bonds. The Morgan fingerprint density at radius 3 is 2.42 bits per heavy atom. The van der Waals surface area contributed by atoms with Crippen LogP contribution in [-0.2, 0) is 6.54 Å². The molecule has 1 unspecified atom stereocenters. The zero-order chi connectivity index (χ0) is 22.4. The number of benzene rings is 1. The first kappa shape index (κ1) is 21.4. The Bertz CT molecular complexity index is 1120. The number of nitrogens with zero attached hydrogens (tertiary/aromatic N) is 2. The van der Waals surface area contributed by atoms with E-state index in [0.717, 1.165) is 24.9 Å². The quantitative estimate of drug-likeness (QED) is 0.519. The molecule has 0 bridgehead atoms. The molecular weight excluding hydrogens is 407 g/mol. The lowest BCUT2D eigenvalue weighted by Crippen LogP contribution is -2.45. The van der Waals surface area contributed by atoms with E-state index in [1.807, 2.05) is 10.7 Å². The Kier molecular flexibility index (Phi) is 5.33. The molecule has 2 heterocycles. The van der Waals surface area contributed by atoms with Gasteiger partial charge in [0.1, 0.15) is 11.4 Å². The summed E-state index contributed by atoms with van der Waals surface area (Å²) in [6.07, 6.45) is -0.531. The van der Waals surface area contributed by atoms with Gasteiger partial charge in [-0.2, -0.15) is 18.3 Å². The topological polar surface area (TPSA) is 74.7 Å². The van der Waals surface area contributed by atoms with Crippen molar-refractivity contribution < 1.29 is 13.2 Å². The first-order valence-corrected chi connectivity index (χ1v) is 10.3.